The molecule has 0 saturated carbocycles. The van der Waals surface area contributed by atoms with Crippen LogP contribution < -0.4 is 10.4 Å². The summed E-state index contributed by atoms with van der Waals surface area (Å²) in [6.45, 7) is 0. The second kappa shape index (κ2) is 6.18. The van der Waals surface area contributed by atoms with E-state index in [0.29, 0.717) is 0 Å². The van der Waals surface area contributed by atoms with Gasteiger partial charge in [0.25, 0.3) is 0 Å². The molecular formula is C29H20. The quantitative estimate of drug-likeness (QED) is 0.452. The van der Waals surface area contributed by atoms with Gasteiger partial charge < -0.3 is 0 Å². The molecule has 6 rings (SSSR count). The van der Waals surface area contributed by atoms with E-state index in [1.54, 1.807) is 0 Å². The third-order valence-electron chi connectivity index (χ3n) is 6.25. The summed E-state index contributed by atoms with van der Waals surface area (Å²) in [5.74, 6) is 0. The topological polar surface area (TPSA) is 0 Å². The highest BCUT2D eigenvalue weighted by Gasteiger charge is 2.33. The van der Waals surface area contributed by atoms with E-state index in [-0.39, 0.29) is 5.41 Å². The summed E-state index contributed by atoms with van der Waals surface area (Å²) in [6, 6.07) is 34.8. The maximum Gasteiger partial charge on any atom is 0.0574 e. The van der Waals surface area contributed by atoms with Gasteiger partial charge in [-0.3, -0.25) is 0 Å². The Labute approximate surface area is 170 Å². The summed E-state index contributed by atoms with van der Waals surface area (Å²) in [5, 5.41) is 5.30. The minimum atomic E-state index is -0.254. The number of allylic oxidation sites excluding steroid dienone is 4. The fourth-order valence-corrected chi connectivity index (χ4v) is 4.86. The van der Waals surface area contributed by atoms with Crippen molar-refractivity contribution in [2.45, 2.75) is 5.41 Å². The van der Waals surface area contributed by atoms with E-state index in [9.17, 15) is 0 Å². The number of fused-ring (bicyclic) bond motifs is 4. The molecule has 0 aromatic heterocycles. The highest BCUT2D eigenvalue weighted by molar-refractivity contribution is 5.97. The van der Waals surface area contributed by atoms with Crippen molar-refractivity contribution in [3.05, 3.63) is 142 Å². The summed E-state index contributed by atoms with van der Waals surface area (Å²) >= 11 is 0. The molecule has 2 aliphatic carbocycles. The molecule has 0 N–H and O–H groups in total. The van der Waals surface area contributed by atoms with Gasteiger partial charge in [-0.15, -0.1) is 0 Å². The maximum absolute atomic E-state index is 2.45. The number of benzene rings is 4. The van der Waals surface area contributed by atoms with Gasteiger partial charge in [-0.25, -0.2) is 0 Å². The van der Waals surface area contributed by atoms with Gasteiger partial charge in [-0.2, -0.15) is 0 Å². The van der Waals surface area contributed by atoms with Gasteiger partial charge in [0.05, 0.1) is 5.41 Å². The van der Waals surface area contributed by atoms with Crippen LogP contribution in [0.15, 0.2) is 121 Å². The van der Waals surface area contributed by atoms with Crippen molar-refractivity contribution in [1.82, 2.24) is 0 Å². The normalized spacial score (nSPS) is 16.1. The Morgan fingerprint density at radius 2 is 1.24 bits per heavy atom. The molecule has 4 aromatic rings. The van der Waals surface area contributed by atoms with E-state index in [1.807, 2.05) is 0 Å². The van der Waals surface area contributed by atoms with Crippen molar-refractivity contribution in [2.75, 3.05) is 0 Å². The molecule has 0 amide bonds. The van der Waals surface area contributed by atoms with Crippen molar-refractivity contribution in [3.63, 3.8) is 0 Å². The third-order valence-corrected chi connectivity index (χ3v) is 6.25. The molecule has 136 valence electrons. The van der Waals surface area contributed by atoms with Gasteiger partial charge in [0, 0.05) is 0 Å². The van der Waals surface area contributed by atoms with Gasteiger partial charge in [0.1, 0.15) is 0 Å². The number of hydrogen-bond acceptors (Lipinski definition) is 0. The van der Waals surface area contributed by atoms with Crippen LogP contribution in [0.4, 0.5) is 0 Å². The standard InChI is InChI=1S/C29H20/c1-3-10-24(11-4-1)29(25-12-5-2-6-13-25)18-17-27-23(20-29)19-22-16-15-21-9-7-8-14-26(21)28(22)27/h1-20H. The average Bonchev–Trinajstić information content (AvgIpc) is 3.18. The van der Waals surface area contributed by atoms with Crippen molar-refractivity contribution >= 4 is 22.4 Å². The Morgan fingerprint density at radius 1 is 0.586 bits per heavy atom. The molecule has 0 spiro atoms. The molecular weight excluding hydrogens is 348 g/mol. The maximum atomic E-state index is 2.45. The molecule has 0 heteroatoms. The van der Waals surface area contributed by atoms with Gasteiger partial charge in [-0.1, -0.05) is 115 Å². The summed E-state index contributed by atoms with van der Waals surface area (Å²) in [4.78, 5) is 0. The Morgan fingerprint density at radius 3 is 1.97 bits per heavy atom. The summed E-state index contributed by atoms with van der Waals surface area (Å²) in [5.41, 5.74) is 4.98. The van der Waals surface area contributed by atoms with Crippen LogP contribution in [0.1, 0.15) is 11.1 Å². The Hall–Kier alpha value is -3.64. The zero-order chi connectivity index (χ0) is 19.3. The molecule has 0 unspecified atom stereocenters. The first-order chi connectivity index (χ1) is 14.4. The molecule has 0 atom stereocenters. The van der Waals surface area contributed by atoms with Gasteiger partial charge >= 0.3 is 0 Å². The van der Waals surface area contributed by atoms with E-state index < -0.39 is 0 Å². The first kappa shape index (κ1) is 16.3. The summed E-state index contributed by atoms with van der Waals surface area (Å²) < 4.78 is 0. The molecule has 0 aliphatic heterocycles. The summed E-state index contributed by atoms with van der Waals surface area (Å²) in [7, 11) is 0. The van der Waals surface area contributed by atoms with Gasteiger partial charge in [-0.05, 0) is 49.6 Å². The first-order valence-corrected chi connectivity index (χ1v) is 10.1. The van der Waals surface area contributed by atoms with Crippen molar-refractivity contribution in [2.24, 2.45) is 0 Å². The van der Waals surface area contributed by atoms with Crippen molar-refractivity contribution in [1.29, 1.82) is 0 Å². The minimum absolute atomic E-state index is 0.254. The van der Waals surface area contributed by atoms with Crippen LogP contribution in [0, 0.1) is 0 Å². The van der Waals surface area contributed by atoms with Crippen LogP contribution in [0.25, 0.3) is 22.4 Å². The lowest BCUT2D eigenvalue weighted by atomic mass is 9.70. The zero-order valence-corrected chi connectivity index (χ0v) is 16.0. The Bertz CT molecular complexity index is 1380. The fraction of sp³-hybridized carbons (Fsp3) is 0.0345. The molecule has 29 heavy (non-hydrogen) atoms. The number of rotatable bonds is 2. The Kier molecular flexibility index (Phi) is 3.48. The zero-order valence-electron chi connectivity index (χ0n) is 16.0. The lowest BCUT2D eigenvalue weighted by molar-refractivity contribution is 0.808. The van der Waals surface area contributed by atoms with Crippen LogP contribution in [0.2, 0.25) is 0 Å². The van der Waals surface area contributed by atoms with E-state index in [1.165, 1.54) is 43.5 Å². The predicted octanol–water partition coefficient (Wildman–Crippen LogP) is 5.27. The molecule has 0 heterocycles. The smallest absolute Gasteiger partial charge is 0.0574 e. The van der Waals surface area contributed by atoms with Crippen LogP contribution in [0.3, 0.4) is 0 Å². The molecule has 0 radical (unpaired) electrons. The van der Waals surface area contributed by atoms with E-state index in [4.69, 9.17) is 0 Å². The van der Waals surface area contributed by atoms with Crippen LogP contribution in [0.5, 0.6) is 0 Å². The molecule has 0 fully saturated rings. The van der Waals surface area contributed by atoms with Gasteiger partial charge in [0.2, 0.25) is 0 Å². The van der Waals surface area contributed by atoms with Crippen LogP contribution in [-0.2, 0) is 5.41 Å². The minimum Gasteiger partial charge on any atom is -0.0651 e. The van der Waals surface area contributed by atoms with Crippen molar-refractivity contribution < 1.29 is 0 Å². The van der Waals surface area contributed by atoms with Crippen LogP contribution in [-0.4, -0.2) is 0 Å². The lowest BCUT2D eigenvalue weighted by Gasteiger charge is -2.32. The molecule has 0 nitrogen and oxygen atoms in total. The molecule has 2 aliphatic rings. The van der Waals surface area contributed by atoms with E-state index in [0.717, 1.165) is 0 Å². The monoisotopic (exact) mass is 368 g/mol. The van der Waals surface area contributed by atoms with E-state index >= 15 is 0 Å². The highest BCUT2D eigenvalue weighted by Crippen LogP contribution is 2.41. The number of hydrogen-bond donors (Lipinski definition) is 0. The second-order valence-electron chi connectivity index (χ2n) is 7.84. The highest BCUT2D eigenvalue weighted by atomic mass is 14.4. The third kappa shape index (κ3) is 2.39. The Balaban J connectivity index is 1.67. The fourth-order valence-electron chi connectivity index (χ4n) is 4.86. The van der Waals surface area contributed by atoms with E-state index in [2.05, 4.69) is 121 Å². The van der Waals surface area contributed by atoms with Crippen molar-refractivity contribution in [3.8, 4) is 0 Å². The molecule has 0 saturated heterocycles. The largest absolute Gasteiger partial charge is 0.0651 e. The van der Waals surface area contributed by atoms with Crippen LogP contribution >= 0.6 is 0 Å². The molecule has 4 aromatic carbocycles. The lowest BCUT2D eigenvalue weighted by Crippen LogP contribution is -2.26. The summed E-state index contributed by atoms with van der Waals surface area (Å²) in [6.07, 6.45) is 9.51. The average molecular weight is 368 g/mol. The predicted molar refractivity (Wildman–Crippen MR) is 122 cm³/mol. The second-order valence-corrected chi connectivity index (χ2v) is 7.84. The SMILES string of the molecule is C1=CC(c2ccccc2)(c2ccccc2)C=C2C=c3ccc4ccccc4c3=C12. The molecule has 0 bridgehead atoms. The first-order valence-electron chi connectivity index (χ1n) is 10.1. The van der Waals surface area contributed by atoms with Gasteiger partial charge in [0.15, 0.2) is 0 Å².